The zero-order valence-electron chi connectivity index (χ0n) is 10.3. The van der Waals surface area contributed by atoms with E-state index in [2.05, 4.69) is 0 Å². The van der Waals surface area contributed by atoms with E-state index in [4.69, 9.17) is 9.15 Å². The number of carbonyl (C=O) groups excluding carboxylic acids is 2. The van der Waals surface area contributed by atoms with Gasteiger partial charge in [0.25, 0.3) is 0 Å². The summed E-state index contributed by atoms with van der Waals surface area (Å²) in [5.74, 6) is -0.546. The van der Waals surface area contributed by atoms with E-state index in [9.17, 15) is 14.7 Å². The van der Waals surface area contributed by atoms with Gasteiger partial charge in [0, 0.05) is 0 Å². The first-order chi connectivity index (χ1) is 9.11. The molecule has 0 fully saturated rings. The average molecular weight is 260 g/mol. The maximum absolute atomic E-state index is 12.0. The van der Waals surface area contributed by atoms with Crippen LogP contribution >= 0.6 is 0 Å². The number of methoxy groups -OCH3 is 1. The van der Waals surface area contributed by atoms with Crippen molar-refractivity contribution in [3.63, 3.8) is 0 Å². The highest BCUT2D eigenvalue weighted by Gasteiger charge is 2.18. The number of Topliss-reactive ketones (excluding diaryl/α,β-unsaturated/α-hetero) is 2. The Balaban J connectivity index is 2.18. The minimum atomic E-state index is -0.488. The average Bonchev–Trinajstić information content (AvgIpc) is 2.93. The van der Waals surface area contributed by atoms with Gasteiger partial charge in [0.15, 0.2) is 11.5 Å². The number of hydrogen-bond acceptors (Lipinski definition) is 5. The third kappa shape index (κ3) is 2.82. The van der Waals surface area contributed by atoms with Crippen molar-refractivity contribution < 1.29 is 23.8 Å². The van der Waals surface area contributed by atoms with Crippen LogP contribution < -0.4 is 4.74 Å². The van der Waals surface area contributed by atoms with Crippen LogP contribution in [0.1, 0.15) is 27.3 Å². The summed E-state index contributed by atoms with van der Waals surface area (Å²) in [5, 5.41) is 9.63. The fourth-order valence-electron chi connectivity index (χ4n) is 1.63. The number of rotatable bonds is 5. The Hall–Kier alpha value is -2.56. The van der Waals surface area contributed by atoms with Crippen LogP contribution in [0.2, 0.25) is 0 Å². The summed E-state index contributed by atoms with van der Waals surface area (Å²) in [6.07, 6.45) is 0.995. The summed E-state index contributed by atoms with van der Waals surface area (Å²) in [4.78, 5) is 23.7. The fraction of sp³-hybridized carbons (Fsp3) is 0.143. The van der Waals surface area contributed by atoms with E-state index in [-0.39, 0.29) is 23.5 Å². The first-order valence-electron chi connectivity index (χ1n) is 5.58. The molecular weight excluding hydrogens is 248 g/mol. The topological polar surface area (TPSA) is 76.7 Å². The molecule has 0 spiro atoms. The van der Waals surface area contributed by atoms with Crippen molar-refractivity contribution in [3.05, 3.63) is 47.9 Å². The summed E-state index contributed by atoms with van der Waals surface area (Å²) in [6.45, 7) is 0. The van der Waals surface area contributed by atoms with Crippen LogP contribution in [0.4, 0.5) is 0 Å². The molecule has 5 heteroatoms. The minimum absolute atomic E-state index is 0.0549. The molecule has 1 N–H and O–H groups in total. The zero-order chi connectivity index (χ0) is 13.8. The number of ether oxygens (including phenoxy) is 1. The van der Waals surface area contributed by atoms with E-state index in [0.29, 0.717) is 5.75 Å². The lowest BCUT2D eigenvalue weighted by atomic mass is 10.0. The van der Waals surface area contributed by atoms with Crippen molar-refractivity contribution in [2.75, 3.05) is 7.11 Å². The van der Waals surface area contributed by atoms with Crippen LogP contribution in [-0.4, -0.2) is 23.8 Å². The molecule has 1 aromatic carbocycles. The second kappa shape index (κ2) is 5.39. The van der Waals surface area contributed by atoms with Crippen LogP contribution in [0, 0.1) is 0 Å². The first kappa shape index (κ1) is 12.9. The Morgan fingerprint density at radius 1 is 1.26 bits per heavy atom. The van der Waals surface area contributed by atoms with Gasteiger partial charge < -0.3 is 14.3 Å². The number of furan rings is 1. The molecule has 0 unspecified atom stereocenters. The number of aromatic hydroxyl groups is 1. The monoisotopic (exact) mass is 260 g/mol. The van der Waals surface area contributed by atoms with E-state index >= 15 is 0 Å². The SMILES string of the molecule is COc1ccc(O)c(C(=O)CC(=O)c2ccco2)c1. The maximum atomic E-state index is 12.0. The van der Waals surface area contributed by atoms with Crippen molar-refractivity contribution in [2.24, 2.45) is 0 Å². The second-order valence-electron chi connectivity index (χ2n) is 3.88. The molecule has 1 aromatic heterocycles. The quantitative estimate of drug-likeness (QED) is 0.660. The van der Waals surface area contributed by atoms with Crippen molar-refractivity contribution in [3.8, 4) is 11.5 Å². The van der Waals surface area contributed by atoms with Crippen molar-refractivity contribution in [1.82, 2.24) is 0 Å². The van der Waals surface area contributed by atoms with Crippen molar-refractivity contribution >= 4 is 11.6 Å². The largest absolute Gasteiger partial charge is 0.507 e. The highest BCUT2D eigenvalue weighted by molar-refractivity contribution is 6.13. The van der Waals surface area contributed by atoms with E-state index in [0.717, 1.165) is 0 Å². The van der Waals surface area contributed by atoms with Gasteiger partial charge in [-0.2, -0.15) is 0 Å². The third-order valence-corrected chi connectivity index (χ3v) is 2.62. The molecule has 0 aliphatic carbocycles. The highest BCUT2D eigenvalue weighted by Crippen LogP contribution is 2.24. The van der Waals surface area contributed by atoms with Gasteiger partial charge in [-0.25, -0.2) is 0 Å². The van der Waals surface area contributed by atoms with Gasteiger partial charge in [-0.1, -0.05) is 0 Å². The Morgan fingerprint density at radius 2 is 2.05 bits per heavy atom. The smallest absolute Gasteiger partial charge is 0.205 e. The van der Waals surface area contributed by atoms with E-state index in [1.54, 1.807) is 6.07 Å². The standard InChI is InChI=1S/C14H12O5/c1-18-9-4-5-11(15)10(7-9)12(16)8-13(17)14-3-2-6-19-14/h2-7,15H,8H2,1H3. The van der Waals surface area contributed by atoms with Crippen molar-refractivity contribution in [1.29, 1.82) is 0 Å². The van der Waals surface area contributed by atoms with Crippen LogP contribution in [0.25, 0.3) is 0 Å². The van der Waals surface area contributed by atoms with Crippen LogP contribution in [0.15, 0.2) is 41.0 Å². The lowest BCUT2D eigenvalue weighted by molar-refractivity contribution is 0.0877. The summed E-state index contributed by atoms with van der Waals surface area (Å²) >= 11 is 0. The summed E-state index contributed by atoms with van der Waals surface area (Å²) < 4.78 is 9.89. The molecule has 2 rings (SSSR count). The molecule has 0 saturated heterocycles. The van der Waals surface area contributed by atoms with Gasteiger partial charge in [-0.15, -0.1) is 0 Å². The minimum Gasteiger partial charge on any atom is -0.507 e. The van der Waals surface area contributed by atoms with Gasteiger partial charge in [0.2, 0.25) is 5.78 Å². The third-order valence-electron chi connectivity index (χ3n) is 2.62. The van der Waals surface area contributed by atoms with Gasteiger partial charge in [0.05, 0.1) is 25.4 Å². The molecular formula is C14H12O5. The lowest BCUT2D eigenvalue weighted by Crippen LogP contribution is -2.08. The van der Waals surface area contributed by atoms with E-state index in [1.807, 2.05) is 0 Å². The fourth-order valence-corrected chi connectivity index (χ4v) is 1.63. The molecule has 0 bridgehead atoms. The van der Waals surface area contributed by atoms with E-state index < -0.39 is 11.6 Å². The number of benzene rings is 1. The molecule has 0 saturated carbocycles. The number of ketones is 2. The van der Waals surface area contributed by atoms with Gasteiger partial charge in [-0.05, 0) is 30.3 Å². The predicted molar refractivity (Wildman–Crippen MR) is 66.6 cm³/mol. The summed E-state index contributed by atoms with van der Waals surface area (Å²) in [5.41, 5.74) is 0.0549. The van der Waals surface area contributed by atoms with Crippen LogP contribution in [-0.2, 0) is 0 Å². The Bertz CT molecular complexity index is 598. The molecule has 0 aliphatic rings. The Morgan fingerprint density at radius 3 is 2.68 bits per heavy atom. The van der Waals surface area contributed by atoms with Crippen LogP contribution in [0.3, 0.4) is 0 Å². The van der Waals surface area contributed by atoms with E-state index in [1.165, 1.54) is 37.6 Å². The molecule has 0 amide bonds. The van der Waals surface area contributed by atoms with Crippen LogP contribution in [0.5, 0.6) is 11.5 Å². The Kier molecular flexibility index (Phi) is 3.66. The molecule has 0 aliphatic heterocycles. The molecule has 0 radical (unpaired) electrons. The lowest BCUT2D eigenvalue weighted by Gasteiger charge is -2.05. The molecule has 98 valence electrons. The molecule has 0 atom stereocenters. The van der Waals surface area contributed by atoms with Gasteiger partial charge in [-0.3, -0.25) is 9.59 Å². The summed E-state index contributed by atoms with van der Waals surface area (Å²) in [6, 6.07) is 7.33. The maximum Gasteiger partial charge on any atom is 0.205 e. The van der Waals surface area contributed by atoms with Gasteiger partial charge >= 0.3 is 0 Å². The predicted octanol–water partition coefficient (Wildman–Crippen LogP) is 2.45. The molecule has 19 heavy (non-hydrogen) atoms. The molecule has 2 aromatic rings. The number of phenolic OH excluding ortho intramolecular Hbond substituents is 1. The normalized spacial score (nSPS) is 10.2. The Labute approximate surface area is 109 Å². The zero-order valence-corrected chi connectivity index (χ0v) is 10.3. The number of carbonyl (C=O) groups is 2. The molecule has 1 heterocycles. The van der Waals surface area contributed by atoms with Crippen molar-refractivity contribution in [2.45, 2.75) is 6.42 Å². The summed E-state index contributed by atoms with van der Waals surface area (Å²) in [7, 11) is 1.45. The number of hydrogen-bond donors (Lipinski definition) is 1. The van der Waals surface area contributed by atoms with Gasteiger partial charge in [0.1, 0.15) is 11.5 Å². The molecule has 5 nitrogen and oxygen atoms in total. The number of phenols is 1. The second-order valence-corrected chi connectivity index (χ2v) is 3.88. The highest BCUT2D eigenvalue weighted by atomic mass is 16.5. The first-order valence-corrected chi connectivity index (χ1v) is 5.58.